The standard InChI is InChI=1S/C15H24N2O2S/c1-5-9-17(12(3)4)20(18,19)15-8-7-13(6-2)14(10-15)11-16/h5,7-8,10,12H,1,6,9,11,16H2,2-4H3. The molecule has 4 nitrogen and oxygen atoms in total. The Kier molecular flexibility index (Phi) is 5.92. The SMILES string of the molecule is C=CCN(C(C)C)S(=O)(=O)c1ccc(CC)c(CN)c1. The van der Waals surface area contributed by atoms with Crippen LogP contribution in [0.3, 0.4) is 0 Å². The molecule has 0 amide bonds. The molecule has 0 aliphatic heterocycles. The number of aryl methyl sites for hydroxylation is 1. The molecule has 0 spiro atoms. The normalized spacial score (nSPS) is 12.1. The van der Waals surface area contributed by atoms with Crippen molar-refractivity contribution >= 4 is 10.0 Å². The van der Waals surface area contributed by atoms with Gasteiger partial charge in [0.2, 0.25) is 10.0 Å². The summed E-state index contributed by atoms with van der Waals surface area (Å²) in [4.78, 5) is 0.297. The Bertz CT molecular complexity index is 565. The third-order valence-corrected chi connectivity index (χ3v) is 5.31. The summed E-state index contributed by atoms with van der Waals surface area (Å²) in [6.45, 7) is 10.0. The van der Waals surface area contributed by atoms with Gasteiger partial charge in [-0.3, -0.25) is 0 Å². The first-order valence-corrected chi connectivity index (χ1v) is 8.27. The number of hydrogen-bond acceptors (Lipinski definition) is 3. The molecule has 0 aromatic heterocycles. The summed E-state index contributed by atoms with van der Waals surface area (Å²) in [7, 11) is -3.51. The maximum Gasteiger partial charge on any atom is 0.243 e. The van der Waals surface area contributed by atoms with Crippen molar-refractivity contribution in [2.75, 3.05) is 6.54 Å². The van der Waals surface area contributed by atoms with E-state index in [-0.39, 0.29) is 6.04 Å². The lowest BCUT2D eigenvalue weighted by atomic mass is 10.1. The first-order chi connectivity index (χ1) is 9.38. The molecule has 0 aliphatic carbocycles. The van der Waals surface area contributed by atoms with Gasteiger partial charge in [0.05, 0.1) is 4.90 Å². The minimum atomic E-state index is -3.51. The Labute approximate surface area is 122 Å². The number of sulfonamides is 1. The fraction of sp³-hybridized carbons (Fsp3) is 0.467. The van der Waals surface area contributed by atoms with Crippen molar-refractivity contribution in [2.45, 2.75) is 44.7 Å². The predicted molar refractivity (Wildman–Crippen MR) is 82.9 cm³/mol. The first kappa shape index (κ1) is 16.9. The molecule has 0 atom stereocenters. The van der Waals surface area contributed by atoms with Crippen molar-refractivity contribution in [3.63, 3.8) is 0 Å². The molecule has 112 valence electrons. The molecular weight excluding hydrogens is 272 g/mol. The van der Waals surface area contributed by atoms with Crippen LogP contribution in [0.25, 0.3) is 0 Å². The van der Waals surface area contributed by atoms with E-state index in [1.54, 1.807) is 18.2 Å². The maximum atomic E-state index is 12.7. The zero-order valence-electron chi connectivity index (χ0n) is 12.5. The van der Waals surface area contributed by atoms with Gasteiger partial charge in [-0.2, -0.15) is 4.31 Å². The molecule has 1 rings (SSSR count). The van der Waals surface area contributed by atoms with E-state index in [4.69, 9.17) is 5.73 Å². The second-order valence-electron chi connectivity index (χ2n) is 4.95. The van der Waals surface area contributed by atoms with Gasteiger partial charge < -0.3 is 5.73 Å². The number of hydrogen-bond donors (Lipinski definition) is 1. The molecule has 20 heavy (non-hydrogen) atoms. The van der Waals surface area contributed by atoms with Crippen LogP contribution in [0.1, 0.15) is 31.9 Å². The highest BCUT2D eigenvalue weighted by Gasteiger charge is 2.26. The van der Waals surface area contributed by atoms with Crippen LogP contribution in [-0.2, 0) is 23.0 Å². The zero-order valence-corrected chi connectivity index (χ0v) is 13.3. The van der Waals surface area contributed by atoms with Gasteiger partial charge in [0.25, 0.3) is 0 Å². The quantitative estimate of drug-likeness (QED) is 0.785. The third-order valence-electron chi connectivity index (χ3n) is 3.27. The molecule has 1 aromatic carbocycles. The zero-order chi connectivity index (χ0) is 15.3. The molecule has 0 radical (unpaired) electrons. The van der Waals surface area contributed by atoms with E-state index in [9.17, 15) is 8.42 Å². The summed E-state index contributed by atoms with van der Waals surface area (Å²) in [5, 5.41) is 0. The lowest BCUT2D eigenvalue weighted by Crippen LogP contribution is -2.37. The number of nitrogens with zero attached hydrogens (tertiary/aromatic N) is 1. The van der Waals surface area contributed by atoms with Crippen molar-refractivity contribution in [3.8, 4) is 0 Å². The van der Waals surface area contributed by atoms with Crippen LogP contribution < -0.4 is 5.73 Å². The fourth-order valence-electron chi connectivity index (χ4n) is 2.15. The topological polar surface area (TPSA) is 63.4 Å². The van der Waals surface area contributed by atoms with Crippen LogP contribution in [-0.4, -0.2) is 25.3 Å². The largest absolute Gasteiger partial charge is 0.326 e. The summed E-state index contributed by atoms with van der Waals surface area (Å²) >= 11 is 0. The molecule has 0 unspecified atom stereocenters. The van der Waals surface area contributed by atoms with Crippen molar-refractivity contribution < 1.29 is 8.42 Å². The van der Waals surface area contributed by atoms with Crippen LogP contribution in [0.15, 0.2) is 35.7 Å². The van der Waals surface area contributed by atoms with Gasteiger partial charge in [0.15, 0.2) is 0 Å². The molecule has 0 saturated carbocycles. The summed E-state index contributed by atoms with van der Waals surface area (Å²) in [6.07, 6.45) is 2.44. The highest BCUT2D eigenvalue weighted by atomic mass is 32.2. The molecule has 0 heterocycles. The van der Waals surface area contributed by atoms with Crippen LogP contribution in [0.4, 0.5) is 0 Å². The maximum absolute atomic E-state index is 12.7. The van der Waals surface area contributed by atoms with Crippen molar-refractivity contribution in [3.05, 3.63) is 42.0 Å². The second kappa shape index (κ2) is 7.02. The summed E-state index contributed by atoms with van der Waals surface area (Å²) in [6, 6.07) is 5.07. The minimum Gasteiger partial charge on any atom is -0.326 e. The summed E-state index contributed by atoms with van der Waals surface area (Å²) in [5.41, 5.74) is 7.68. The number of benzene rings is 1. The molecule has 0 aliphatic rings. The van der Waals surface area contributed by atoms with Gasteiger partial charge in [-0.05, 0) is 43.5 Å². The smallest absolute Gasteiger partial charge is 0.243 e. The molecule has 0 bridgehead atoms. The van der Waals surface area contributed by atoms with Gasteiger partial charge in [0.1, 0.15) is 0 Å². The van der Waals surface area contributed by atoms with E-state index in [1.807, 2.05) is 26.8 Å². The first-order valence-electron chi connectivity index (χ1n) is 6.83. The van der Waals surface area contributed by atoms with Crippen molar-refractivity contribution in [2.24, 2.45) is 5.73 Å². The van der Waals surface area contributed by atoms with Crippen molar-refractivity contribution in [1.82, 2.24) is 4.31 Å². The molecule has 5 heteroatoms. The van der Waals surface area contributed by atoms with E-state index < -0.39 is 10.0 Å². The summed E-state index contributed by atoms with van der Waals surface area (Å²) < 4.78 is 26.8. The van der Waals surface area contributed by atoms with Crippen LogP contribution in [0.2, 0.25) is 0 Å². The molecule has 2 N–H and O–H groups in total. The van der Waals surface area contributed by atoms with Gasteiger partial charge in [-0.1, -0.05) is 19.1 Å². The highest BCUT2D eigenvalue weighted by Crippen LogP contribution is 2.21. The van der Waals surface area contributed by atoms with E-state index in [2.05, 4.69) is 6.58 Å². The van der Waals surface area contributed by atoms with Gasteiger partial charge in [0, 0.05) is 19.1 Å². The van der Waals surface area contributed by atoms with Crippen LogP contribution >= 0.6 is 0 Å². The average Bonchev–Trinajstić information content (AvgIpc) is 2.43. The van der Waals surface area contributed by atoms with Crippen molar-refractivity contribution in [1.29, 1.82) is 0 Å². The van der Waals surface area contributed by atoms with Crippen LogP contribution in [0, 0.1) is 0 Å². The highest BCUT2D eigenvalue weighted by molar-refractivity contribution is 7.89. The Morgan fingerprint density at radius 2 is 2.00 bits per heavy atom. The fourth-order valence-corrected chi connectivity index (χ4v) is 3.81. The molecule has 0 fully saturated rings. The van der Waals surface area contributed by atoms with E-state index >= 15 is 0 Å². The van der Waals surface area contributed by atoms with E-state index in [1.165, 1.54) is 4.31 Å². The van der Waals surface area contributed by atoms with Gasteiger partial charge in [-0.15, -0.1) is 6.58 Å². The van der Waals surface area contributed by atoms with E-state index in [0.29, 0.717) is 18.0 Å². The lowest BCUT2D eigenvalue weighted by Gasteiger charge is -2.25. The molecule has 0 saturated heterocycles. The average molecular weight is 296 g/mol. The Balaban J connectivity index is 3.30. The summed E-state index contributed by atoms with van der Waals surface area (Å²) in [5.74, 6) is 0. The second-order valence-corrected chi connectivity index (χ2v) is 6.84. The van der Waals surface area contributed by atoms with Crippen LogP contribution in [0.5, 0.6) is 0 Å². The van der Waals surface area contributed by atoms with E-state index in [0.717, 1.165) is 17.5 Å². The Morgan fingerprint density at radius 3 is 2.45 bits per heavy atom. The van der Waals surface area contributed by atoms with Gasteiger partial charge in [-0.25, -0.2) is 8.42 Å². The number of rotatable bonds is 7. The molecule has 1 aromatic rings. The van der Waals surface area contributed by atoms with Gasteiger partial charge >= 0.3 is 0 Å². The Hall–Kier alpha value is -1.17. The minimum absolute atomic E-state index is 0.120. The monoisotopic (exact) mass is 296 g/mol. The third kappa shape index (κ3) is 3.48. The molecular formula is C15H24N2O2S. The number of nitrogens with two attached hydrogens (primary N) is 1. The Morgan fingerprint density at radius 1 is 1.35 bits per heavy atom. The predicted octanol–water partition coefficient (Wildman–Crippen LogP) is 2.29. The lowest BCUT2D eigenvalue weighted by molar-refractivity contribution is 0.383.